The van der Waals surface area contributed by atoms with Crippen molar-refractivity contribution in [3.63, 3.8) is 0 Å². The van der Waals surface area contributed by atoms with Crippen molar-refractivity contribution in [2.45, 2.75) is 19.4 Å². The van der Waals surface area contributed by atoms with Gasteiger partial charge in [-0.15, -0.1) is 0 Å². The first-order chi connectivity index (χ1) is 8.03. The van der Waals surface area contributed by atoms with Crippen molar-refractivity contribution < 1.29 is 8.42 Å². The summed E-state index contributed by atoms with van der Waals surface area (Å²) in [5, 5.41) is 3.23. The Hall–Kier alpha value is -0.940. The molecule has 0 amide bonds. The molecule has 1 fully saturated rings. The molecule has 1 aromatic rings. The first-order valence-corrected chi connectivity index (χ1v) is 7.64. The highest BCUT2D eigenvalue weighted by Crippen LogP contribution is 2.32. The van der Waals surface area contributed by atoms with Crippen molar-refractivity contribution in [3.05, 3.63) is 29.6 Å². The highest BCUT2D eigenvalue weighted by molar-refractivity contribution is 7.91. The zero-order valence-electron chi connectivity index (χ0n) is 10.2. The standard InChI is InChI=1S/C12H18N2O2S/c1-9-3-5-14-7-11(9)12(13-2)10-4-6-17(15,16)8-10/h3,5,7,10,12-13H,4,6,8H2,1-2H3. The Bertz CT molecular complexity index is 499. The minimum atomic E-state index is -2.83. The Kier molecular flexibility index (Phi) is 3.49. The highest BCUT2D eigenvalue weighted by atomic mass is 32.2. The summed E-state index contributed by atoms with van der Waals surface area (Å²) in [6, 6.07) is 2.05. The van der Waals surface area contributed by atoms with Gasteiger partial charge in [0.05, 0.1) is 11.5 Å². The van der Waals surface area contributed by atoms with E-state index in [0.29, 0.717) is 5.75 Å². The highest BCUT2D eigenvalue weighted by Gasteiger charge is 2.34. The second-order valence-electron chi connectivity index (χ2n) is 4.66. The third-order valence-electron chi connectivity index (χ3n) is 3.46. The van der Waals surface area contributed by atoms with Gasteiger partial charge in [0.1, 0.15) is 0 Å². The van der Waals surface area contributed by atoms with Gasteiger partial charge < -0.3 is 5.32 Å². The van der Waals surface area contributed by atoms with Gasteiger partial charge in [-0.2, -0.15) is 0 Å². The van der Waals surface area contributed by atoms with E-state index in [4.69, 9.17) is 0 Å². The summed E-state index contributed by atoms with van der Waals surface area (Å²) in [6.45, 7) is 2.03. The van der Waals surface area contributed by atoms with E-state index in [0.717, 1.165) is 17.5 Å². The first-order valence-electron chi connectivity index (χ1n) is 5.81. The smallest absolute Gasteiger partial charge is 0.150 e. The van der Waals surface area contributed by atoms with Crippen molar-refractivity contribution in [1.82, 2.24) is 10.3 Å². The molecule has 1 saturated heterocycles. The topological polar surface area (TPSA) is 59.1 Å². The third-order valence-corrected chi connectivity index (χ3v) is 5.26. The van der Waals surface area contributed by atoms with Crippen LogP contribution in [0.5, 0.6) is 0 Å². The number of nitrogens with zero attached hydrogens (tertiary/aromatic N) is 1. The van der Waals surface area contributed by atoms with Gasteiger partial charge in [0, 0.05) is 18.4 Å². The van der Waals surface area contributed by atoms with E-state index in [1.165, 1.54) is 0 Å². The fourth-order valence-corrected chi connectivity index (χ4v) is 4.37. The molecule has 0 saturated carbocycles. The Labute approximate surface area is 102 Å². The number of nitrogens with one attached hydrogen (secondary N) is 1. The molecule has 1 aliphatic heterocycles. The fourth-order valence-electron chi connectivity index (χ4n) is 2.53. The van der Waals surface area contributed by atoms with Crippen LogP contribution in [0.15, 0.2) is 18.5 Å². The van der Waals surface area contributed by atoms with Crippen molar-refractivity contribution in [2.24, 2.45) is 5.92 Å². The minimum absolute atomic E-state index is 0.0842. The van der Waals surface area contributed by atoms with Crippen molar-refractivity contribution in [1.29, 1.82) is 0 Å². The molecule has 2 atom stereocenters. The van der Waals surface area contributed by atoms with E-state index in [9.17, 15) is 8.42 Å². The molecule has 0 spiro atoms. The molecule has 2 heterocycles. The van der Waals surface area contributed by atoms with E-state index in [-0.39, 0.29) is 17.7 Å². The Morgan fingerprint density at radius 2 is 2.29 bits per heavy atom. The molecule has 4 nitrogen and oxygen atoms in total. The van der Waals surface area contributed by atoms with Gasteiger partial charge in [0.15, 0.2) is 9.84 Å². The SMILES string of the molecule is CNC(c1cnccc1C)C1CCS(=O)(=O)C1. The summed E-state index contributed by atoms with van der Waals surface area (Å²) in [7, 11) is -0.955. The monoisotopic (exact) mass is 254 g/mol. The Morgan fingerprint density at radius 1 is 1.53 bits per heavy atom. The zero-order valence-corrected chi connectivity index (χ0v) is 11.0. The molecule has 2 unspecified atom stereocenters. The Balaban J connectivity index is 2.26. The molecule has 5 heteroatoms. The minimum Gasteiger partial charge on any atom is -0.313 e. The van der Waals surface area contributed by atoms with E-state index in [1.807, 2.05) is 26.2 Å². The molecule has 1 aliphatic rings. The lowest BCUT2D eigenvalue weighted by Gasteiger charge is -2.23. The number of aromatic nitrogens is 1. The van der Waals surface area contributed by atoms with Crippen molar-refractivity contribution in [2.75, 3.05) is 18.6 Å². The number of sulfone groups is 1. The second-order valence-corrected chi connectivity index (χ2v) is 6.89. The van der Waals surface area contributed by atoms with Crippen molar-refractivity contribution in [3.8, 4) is 0 Å². The number of pyridine rings is 1. The average molecular weight is 254 g/mol. The molecule has 94 valence electrons. The molecular formula is C12H18N2O2S. The van der Waals surface area contributed by atoms with Gasteiger partial charge in [-0.3, -0.25) is 4.98 Å². The van der Waals surface area contributed by atoms with Crippen LogP contribution in [0, 0.1) is 12.8 Å². The van der Waals surface area contributed by atoms with E-state index in [1.54, 1.807) is 6.20 Å². The van der Waals surface area contributed by atoms with Gasteiger partial charge in [0.25, 0.3) is 0 Å². The second kappa shape index (κ2) is 4.74. The molecule has 1 aromatic heterocycles. The van der Waals surface area contributed by atoms with Crippen LogP contribution < -0.4 is 5.32 Å². The molecule has 17 heavy (non-hydrogen) atoms. The van der Waals surface area contributed by atoms with Crippen LogP contribution >= 0.6 is 0 Å². The van der Waals surface area contributed by atoms with Crippen LogP contribution in [-0.4, -0.2) is 32.0 Å². The fraction of sp³-hybridized carbons (Fsp3) is 0.583. The molecule has 0 radical (unpaired) electrons. The summed E-state index contributed by atoms with van der Waals surface area (Å²) in [5.74, 6) is 0.759. The van der Waals surface area contributed by atoms with Gasteiger partial charge in [0.2, 0.25) is 0 Å². The van der Waals surface area contributed by atoms with E-state index in [2.05, 4.69) is 10.3 Å². The zero-order chi connectivity index (χ0) is 12.5. The molecular weight excluding hydrogens is 236 g/mol. The number of hydrogen-bond donors (Lipinski definition) is 1. The molecule has 0 aromatic carbocycles. The molecule has 0 bridgehead atoms. The predicted molar refractivity (Wildman–Crippen MR) is 67.5 cm³/mol. The van der Waals surface area contributed by atoms with E-state index >= 15 is 0 Å². The van der Waals surface area contributed by atoms with Crippen LogP contribution in [0.3, 0.4) is 0 Å². The summed E-state index contributed by atoms with van der Waals surface area (Å²) in [6.07, 6.45) is 4.33. The number of aryl methyl sites for hydroxylation is 1. The summed E-state index contributed by atoms with van der Waals surface area (Å²) in [4.78, 5) is 4.13. The summed E-state index contributed by atoms with van der Waals surface area (Å²) >= 11 is 0. The average Bonchev–Trinajstić information content (AvgIpc) is 2.63. The van der Waals surface area contributed by atoms with Crippen molar-refractivity contribution >= 4 is 9.84 Å². The quantitative estimate of drug-likeness (QED) is 0.877. The largest absolute Gasteiger partial charge is 0.313 e. The van der Waals surface area contributed by atoms with Crippen LogP contribution in [0.25, 0.3) is 0 Å². The van der Waals surface area contributed by atoms with Crippen LogP contribution in [0.1, 0.15) is 23.6 Å². The van der Waals surface area contributed by atoms with Crippen LogP contribution in [-0.2, 0) is 9.84 Å². The first kappa shape index (κ1) is 12.5. The van der Waals surface area contributed by atoms with Crippen LogP contribution in [0.2, 0.25) is 0 Å². The molecule has 1 N–H and O–H groups in total. The summed E-state index contributed by atoms with van der Waals surface area (Å²) in [5.41, 5.74) is 2.26. The maximum absolute atomic E-state index is 11.5. The lowest BCUT2D eigenvalue weighted by atomic mass is 9.91. The maximum Gasteiger partial charge on any atom is 0.150 e. The lowest BCUT2D eigenvalue weighted by molar-refractivity contribution is 0.416. The lowest BCUT2D eigenvalue weighted by Crippen LogP contribution is -2.27. The number of rotatable bonds is 3. The normalized spacial score (nSPS) is 24.7. The third kappa shape index (κ3) is 2.66. The predicted octanol–water partition coefficient (Wildman–Crippen LogP) is 1.09. The van der Waals surface area contributed by atoms with Gasteiger partial charge >= 0.3 is 0 Å². The Morgan fingerprint density at radius 3 is 2.82 bits per heavy atom. The van der Waals surface area contributed by atoms with E-state index < -0.39 is 9.84 Å². The number of hydrogen-bond acceptors (Lipinski definition) is 4. The molecule has 2 rings (SSSR count). The van der Waals surface area contributed by atoms with Gasteiger partial charge in [-0.25, -0.2) is 8.42 Å². The molecule has 0 aliphatic carbocycles. The van der Waals surface area contributed by atoms with Gasteiger partial charge in [-0.05, 0) is 43.5 Å². The maximum atomic E-state index is 11.5. The van der Waals surface area contributed by atoms with Crippen LogP contribution in [0.4, 0.5) is 0 Å². The summed E-state index contributed by atoms with van der Waals surface area (Å²) < 4.78 is 23.1. The van der Waals surface area contributed by atoms with Gasteiger partial charge in [-0.1, -0.05) is 0 Å².